The van der Waals surface area contributed by atoms with Gasteiger partial charge in [-0.3, -0.25) is 4.72 Å². The summed E-state index contributed by atoms with van der Waals surface area (Å²) in [7, 11) is -3.63. The van der Waals surface area contributed by atoms with E-state index in [-0.39, 0.29) is 10.8 Å². The first-order valence-electron chi connectivity index (χ1n) is 5.10. The molecule has 2 aromatic rings. The summed E-state index contributed by atoms with van der Waals surface area (Å²) < 4.78 is 28.5. The number of thiophene rings is 1. The van der Waals surface area contributed by atoms with Gasteiger partial charge in [0.15, 0.2) is 0 Å². The molecule has 4 nitrogen and oxygen atoms in total. The van der Waals surface area contributed by atoms with E-state index in [9.17, 15) is 8.42 Å². The van der Waals surface area contributed by atoms with Crippen molar-refractivity contribution in [2.45, 2.75) is 10.8 Å². The van der Waals surface area contributed by atoms with E-state index < -0.39 is 10.0 Å². The Morgan fingerprint density at radius 1 is 1.21 bits per heavy atom. The average molecular weight is 427 g/mol. The lowest BCUT2D eigenvalue weighted by atomic mass is 10.3. The molecule has 0 bridgehead atoms. The molecule has 0 aliphatic heterocycles. The second kappa shape index (κ2) is 5.92. The predicted octanol–water partition coefficient (Wildman–Crippen LogP) is 3.57. The van der Waals surface area contributed by atoms with Gasteiger partial charge in [-0.15, -0.1) is 11.3 Å². The van der Waals surface area contributed by atoms with Crippen LogP contribution in [0.25, 0.3) is 0 Å². The highest BCUT2D eigenvalue weighted by atomic mass is 79.9. The largest absolute Gasteiger partial charge is 0.391 e. The zero-order valence-electron chi connectivity index (χ0n) is 9.43. The minimum atomic E-state index is -3.63. The van der Waals surface area contributed by atoms with E-state index in [1.165, 1.54) is 6.07 Å². The zero-order chi connectivity index (χ0) is 14.0. The van der Waals surface area contributed by atoms with Crippen LogP contribution >= 0.6 is 43.2 Å². The van der Waals surface area contributed by atoms with E-state index in [0.29, 0.717) is 15.0 Å². The van der Waals surface area contributed by atoms with Crippen molar-refractivity contribution in [3.05, 3.63) is 44.2 Å². The number of aliphatic hydroxyl groups excluding tert-OH is 1. The summed E-state index contributed by atoms with van der Waals surface area (Å²) in [5, 5.41) is 8.96. The highest BCUT2D eigenvalue weighted by Crippen LogP contribution is 2.30. The summed E-state index contributed by atoms with van der Waals surface area (Å²) in [5.74, 6) is 0. The van der Waals surface area contributed by atoms with Gasteiger partial charge in [0.25, 0.3) is 10.0 Å². The smallest absolute Gasteiger partial charge is 0.271 e. The summed E-state index contributed by atoms with van der Waals surface area (Å²) >= 11 is 7.64. The molecule has 19 heavy (non-hydrogen) atoms. The first-order chi connectivity index (χ1) is 8.92. The molecule has 102 valence electrons. The molecule has 0 spiro atoms. The molecule has 8 heteroatoms. The topological polar surface area (TPSA) is 66.4 Å². The van der Waals surface area contributed by atoms with Crippen LogP contribution in [0.2, 0.25) is 0 Å². The molecule has 1 aromatic heterocycles. The summed E-state index contributed by atoms with van der Waals surface area (Å²) in [5.41, 5.74) is 0.460. The van der Waals surface area contributed by atoms with Gasteiger partial charge in [-0.2, -0.15) is 0 Å². The summed E-state index contributed by atoms with van der Waals surface area (Å²) in [6.45, 7) is -0.165. The van der Waals surface area contributed by atoms with Gasteiger partial charge in [-0.05, 0) is 46.3 Å². The van der Waals surface area contributed by atoms with Crippen molar-refractivity contribution in [1.29, 1.82) is 0 Å². The Kier molecular flexibility index (Phi) is 4.67. The predicted molar refractivity (Wildman–Crippen MR) is 82.9 cm³/mol. The van der Waals surface area contributed by atoms with Crippen LogP contribution in [0.3, 0.4) is 0 Å². The number of anilines is 1. The number of nitrogens with one attached hydrogen (secondary N) is 1. The molecule has 2 rings (SSSR count). The molecule has 0 aliphatic carbocycles. The van der Waals surface area contributed by atoms with Crippen molar-refractivity contribution in [3.63, 3.8) is 0 Å². The van der Waals surface area contributed by atoms with E-state index in [2.05, 4.69) is 36.6 Å². The van der Waals surface area contributed by atoms with Gasteiger partial charge in [-0.25, -0.2) is 8.42 Å². The Hall–Kier alpha value is -0.410. The van der Waals surface area contributed by atoms with Crippen molar-refractivity contribution in [2.24, 2.45) is 0 Å². The molecule has 0 saturated heterocycles. The Morgan fingerprint density at radius 3 is 2.53 bits per heavy atom. The van der Waals surface area contributed by atoms with Gasteiger partial charge in [0.05, 0.1) is 12.3 Å². The standard InChI is InChI=1S/C11H9Br2NO3S2/c12-7-1-3-10(9(13)5-7)14-19(16,17)11-4-2-8(6-15)18-11/h1-5,14-15H,6H2. The van der Waals surface area contributed by atoms with Gasteiger partial charge < -0.3 is 5.11 Å². The molecule has 0 amide bonds. The van der Waals surface area contributed by atoms with Crippen molar-refractivity contribution < 1.29 is 13.5 Å². The van der Waals surface area contributed by atoms with Crippen LogP contribution in [0.4, 0.5) is 5.69 Å². The highest BCUT2D eigenvalue weighted by Gasteiger charge is 2.18. The number of rotatable bonds is 4. The zero-order valence-corrected chi connectivity index (χ0v) is 14.2. The van der Waals surface area contributed by atoms with Crippen molar-refractivity contribution in [3.8, 4) is 0 Å². The van der Waals surface area contributed by atoms with E-state index in [1.54, 1.807) is 24.3 Å². The van der Waals surface area contributed by atoms with E-state index >= 15 is 0 Å². The van der Waals surface area contributed by atoms with Crippen LogP contribution in [0.1, 0.15) is 4.88 Å². The van der Waals surface area contributed by atoms with Gasteiger partial charge in [0.2, 0.25) is 0 Å². The Bertz CT molecular complexity index is 698. The molecule has 1 aromatic carbocycles. The fraction of sp³-hybridized carbons (Fsp3) is 0.0909. The molecule has 0 unspecified atom stereocenters. The molecule has 0 fully saturated rings. The first-order valence-corrected chi connectivity index (χ1v) is 8.98. The SMILES string of the molecule is O=S(=O)(Nc1ccc(Br)cc1Br)c1ccc(CO)s1. The quantitative estimate of drug-likeness (QED) is 0.785. The number of hydrogen-bond donors (Lipinski definition) is 2. The van der Waals surface area contributed by atoms with E-state index in [0.717, 1.165) is 15.8 Å². The fourth-order valence-electron chi connectivity index (χ4n) is 1.35. The van der Waals surface area contributed by atoms with E-state index in [1.807, 2.05) is 0 Å². The van der Waals surface area contributed by atoms with E-state index in [4.69, 9.17) is 5.11 Å². The lowest BCUT2D eigenvalue weighted by Gasteiger charge is -2.08. The molecule has 2 N–H and O–H groups in total. The first kappa shape index (κ1) is 15.0. The number of benzene rings is 1. The third-order valence-electron chi connectivity index (χ3n) is 2.23. The van der Waals surface area contributed by atoms with Crippen LogP contribution in [0, 0.1) is 0 Å². The number of halogens is 2. The van der Waals surface area contributed by atoms with Gasteiger partial charge >= 0.3 is 0 Å². The normalized spacial score (nSPS) is 11.5. The van der Waals surface area contributed by atoms with Gasteiger partial charge in [0, 0.05) is 13.8 Å². The fourth-order valence-corrected chi connectivity index (χ4v) is 4.93. The van der Waals surface area contributed by atoms with Crippen molar-refractivity contribution >= 4 is 58.9 Å². The summed E-state index contributed by atoms with van der Waals surface area (Å²) in [6, 6.07) is 8.23. The average Bonchev–Trinajstić information content (AvgIpc) is 2.82. The third-order valence-corrected chi connectivity index (χ3v) is 6.31. The molecule has 1 heterocycles. The minimum absolute atomic E-state index is 0.165. The molecule has 0 aliphatic rings. The van der Waals surface area contributed by atoms with Crippen LogP contribution in [0.15, 0.2) is 43.5 Å². The monoisotopic (exact) mass is 425 g/mol. The maximum Gasteiger partial charge on any atom is 0.271 e. The third kappa shape index (κ3) is 3.57. The van der Waals surface area contributed by atoms with Crippen LogP contribution < -0.4 is 4.72 Å². The number of hydrogen-bond acceptors (Lipinski definition) is 4. The molecular weight excluding hydrogens is 418 g/mol. The maximum atomic E-state index is 12.2. The Labute approximate surface area is 131 Å². The minimum Gasteiger partial charge on any atom is -0.391 e. The second-order valence-electron chi connectivity index (χ2n) is 3.61. The van der Waals surface area contributed by atoms with Gasteiger partial charge in [0.1, 0.15) is 4.21 Å². The van der Waals surface area contributed by atoms with Crippen molar-refractivity contribution in [1.82, 2.24) is 0 Å². The van der Waals surface area contributed by atoms with Crippen LogP contribution in [-0.2, 0) is 16.6 Å². The molecule has 0 radical (unpaired) electrons. The number of aliphatic hydroxyl groups is 1. The molecule has 0 saturated carbocycles. The summed E-state index contributed by atoms with van der Waals surface area (Å²) in [4.78, 5) is 0.607. The summed E-state index contributed by atoms with van der Waals surface area (Å²) in [6.07, 6.45) is 0. The second-order valence-corrected chi connectivity index (χ2v) is 8.46. The number of sulfonamides is 1. The van der Waals surface area contributed by atoms with Crippen molar-refractivity contribution in [2.75, 3.05) is 4.72 Å². The van der Waals surface area contributed by atoms with Crippen LogP contribution in [-0.4, -0.2) is 13.5 Å². The van der Waals surface area contributed by atoms with Gasteiger partial charge in [-0.1, -0.05) is 15.9 Å². The lowest BCUT2D eigenvalue weighted by molar-refractivity contribution is 0.285. The Morgan fingerprint density at radius 2 is 1.95 bits per heavy atom. The maximum absolute atomic E-state index is 12.2. The highest BCUT2D eigenvalue weighted by molar-refractivity contribution is 9.11. The lowest BCUT2D eigenvalue weighted by Crippen LogP contribution is -2.11. The van der Waals surface area contributed by atoms with Crippen LogP contribution in [0.5, 0.6) is 0 Å². The molecule has 0 atom stereocenters. The molecular formula is C11H9Br2NO3S2. The Balaban J connectivity index is 2.30.